The largest absolute Gasteiger partial charge is 0.378 e. The summed E-state index contributed by atoms with van der Waals surface area (Å²) in [6.07, 6.45) is 0. The van der Waals surface area contributed by atoms with Crippen LogP contribution >= 0.6 is 28.3 Å². The van der Waals surface area contributed by atoms with E-state index >= 15 is 0 Å². The Morgan fingerprint density at radius 3 is 2.20 bits per heavy atom. The Hall–Kier alpha value is -1.89. The summed E-state index contributed by atoms with van der Waals surface area (Å²) in [4.78, 5) is 5.85. The van der Waals surface area contributed by atoms with E-state index in [1.165, 1.54) is 11.3 Å². The van der Waals surface area contributed by atoms with E-state index in [1.54, 1.807) is 11.3 Å². The number of rotatable bonds is 3. The molecule has 1 aliphatic rings. The molecule has 1 fully saturated rings. The maximum absolute atomic E-state index is 5.52. The summed E-state index contributed by atoms with van der Waals surface area (Å²) in [6.45, 7) is 3.25. The third kappa shape index (κ3) is 4.03. The number of hydrogen-bond acceptors (Lipinski definition) is 4. The highest BCUT2D eigenvalue weighted by atomic mass is 79.9. The van der Waals surface area contributed by atoms with E-state index in [9.17, 15) is 0 Å². The number of aromatic nitrogens is 1. The van der Waals surface area contributed by atoms with Gasteiger partial charge in [0, 0.05) is 10.9 Å². The lowest BCUT2D eigenvalue weighted by Crippen LogP contribution is -2.48. The molecule has 0 amide bonds. The summed E-state index contributed by atoms with van der Waals surface area (Å²) >= 11 is 1.67. The van der Waals surface area contributed by atoms with E-state index in [0.29, 0.717) is 0 Å². The Labute approximate surface area is 161 Å². The van der Waals surface area contributed by atoms with Crippen LogP contribution in [0.3, 0.4) is 0 Å². The molecule has 0 aliphatic carbocycles. The molecule has 1 aromatic heterocycles. The first-order valence-corrected chi connectivity index (χ1v) is 8.98. The fraction of sp³-hybridized carbons (Fsp3) is 0.211. The van der Waals surface area contributed by atoms with Gasteiger partial charge in [-0.3, -0.25) is 0 Å². The molecule has 3 aromatic rings. The first kappa shape index (κ1) is 17.9. The zero-order valence-electron chi connectivity index (χ0n) is 13.7. The highest BCUT2D eigenvalue weighted by molar-refractivity contribution is 8.93. The summed E-state index contributed by atoms with van der Waals surface area (Å²) in [5.41, 5.74) is 3.35. The molecule has 4 rings (SSSR count). The van der Waals surface area contributed by atoms with Crippen molar-refractivity contribution in [3.05, 3.63) is 70.8 Å². The van der Waals surface area contributed by atoms with Crippen LogP contribution in [-0.2, 0) is 4.74 Å². The van der Waals surface area contributed by atoms with Crippen molar-refractivity contribution in [1.82, 2.24) is 4.68 Å². The molecule has 0 bridgehead atoms. The van der Waals surface area contributed by atoms with Gasteiger partial charge in [0.2, 0.25) is 4.80 Å². The van der Waals surface area contributed by atoms with Crippen LogP contribution in [0.15, 0.2) is 71.0 Å². The minimum absolute atomic E-state index is 0. The topological polar surface area (TPSA) is 29.8 Å². The molecule has 2 heterocycles. The number of nitrogens with zero attached hydrogens (tertiary/aromatic N) is 3. The van der Waals surface area contributed by atoms with Gasteiger partial charge in [-0.25, -0.2) is 9.67 Å². The van der Waals surface area contributed by atoms with Gasteiger partial charge in [0.25, 0.3) is 0 Å². The van der Waals surface area contributed by atoms with Crippen LogP contribution in [0.5, 0.6) is 0 Å². The van der Waals surface area contributed by atoms with Gasteiger partial charge in [-0.05, 0) is 12.1 Å². The standard InChI is InChI=1S/C19H19N3OS.BrH/c1-3-7-16(8-4-1)18-15-24-19(20-17-9-5-2-6-10-17)22(18)21-11-13-23-14-12-21;/h1-10,15H,11-14H2;1H. The average molecular weight is 418 g/mol. The molecular formula is C19H20BrN3OS. The zero-order valence-corrected chi connectivity index (χ0v) is 16.3. The van der Waals surface area contributed by atoms with Gasteiger partial charge in [-0.2, -0.15) is 0 Å². The van der Waals surface area contributed by atoms with Crippen molar-refractivity contribution in [1.29, 1.82) is 0 Å². The van der Waals surface area contributed by atoms with Crippen molar-refractivity contribution in [2.24, 2.45) is 4.99 Å². The van der Waals surface area contributed by atoms with Crippen LogP contribution in [0.25, 0.3) is 11.3 Å². The summed E-state index contributed by atoms with van der Waals surface area (Å²) in [5.74, 6) is 0. The van der Waals surface area contributed by atoms with Gasteiger partial charge < -0.3 is 9.75 Å². The first-order valence-electron chi connectivity index (χ1n) is 8.10. The third-order valence-electron chi connectivity index (χ3n) is 4.01. The van der Waals surface area contributed by atoms with Crippen molar-refractivity contribution in [2.75, 3.05) is 31.3 Å². The zero-order chi connectivity index (χ0) is 16.2. The van der Waals surface area contributed by atoms with Gasteiger partial charge in [0.15, 0.2) is 0 Å². The molecule has 1 saturated heterocycles. The smallest absolute Gasteiger partial charge is 0.209 e. The maximum Gasteiger partial charge on any atom is 0.209 e. The monoisotopic (exact) mass is 417 g/mol. The molecule has 0 atom stereocenters. The van der Waals surface area contributed by atoms with Crippen LogP contribution in [0.2, 0.25) is 0 Å². The number of hydrogen-bond donors (Lipinski definition) is 0. The van der Waals surface area contributed by atoms with Crippen LogP contribution in [-0.4, -0.2) is 31.0 Å². The van der Waals surface area contributed by atoms with Crippen molar-refractivity contribution in [3.63, 3.8) is 0 Å². The Bertz CT molecular complexity index is 855. The van der Waals surface area contributed by atoms with Crippen molar-refractivity contribution >= 4 is 34.0 Å². The highest BCUT2D eigenvalue weighted by Gasteiger charge is 2.17. The fourth-order valence-electron chi connectivity index (χ4n) is 2.82. The molecule has 0 N–H and O–H groups in total. The molecule has 4 nitrogen and oxygen atoms in total. The van der Waals surface area contributed by atoms with Gasteiger partial charge in [-0.15, -0.1) is 28.3 Å². The predicted molar refractivity (Wildman–Crippen MR) is 109 cm³/mol. The quantitative estimate of drug-likeness (QED) is 0.644. The minimum atomic E-state index is 0. The minimum Gasteiger partial charge on any atom is -0.378 e. The second-order valence-electron chi connectivity index (χ2n) is 5.59. The van der Waals surface area contributed by atoms with Crippen LogP contribution < -0.4 is 9.81 Å². The van der Waals surface area contributed by atoms with E-state index < -0.39 is 0 Å². The molecule has 6 heteroatoms. The lowest BCUT2D eigenvalue weighted by Gasteiger charge is -2.31. The molecule has 0 spiro atoms. The van der Waals surface area contributed by atoms with Crippen LogP contribution in [0.4, 0.5) is 5.69 Å². The highest BCUT2D eigenvalue weighted by Crippen LogP contribution is 2.21. The predicted octanol–water partition coefficient (Wildman–Crippen LogP) is 4.00. The van der Waals surface area contributed by atoms with Crippen LogP contribution in [0.1, 0.15) is 0 Å². The number of para-hydroxylation sites is 1. The number of thiazole rings is 1. The third-order valence-corrected chi connectivity index (χ3v) is 4.82. The molecule has 1 aliphatic heterocycles. The van der Waals surface area contributed by atoms with E-state index in [4.69, 9.17) is 9.73 Å². The first-order chi connectivity index (χ1) is 11.9. The second kappa shape index (κ2) is 8.47. The number of benzene rings is 2. The molecular weight excluding hydrogens is 398 g/mol. The van der Waals surface area contributed by atoms with E-state index in [-0.39, 0.29) is 17.0 Å². The van der Waals surface area contributed by atoms with Gasteiger partial charge in [0.1, 0.15) is 0 Å². The summed E-state index contributed by atoms with van der Waals surface area (Å²) in [5, 5.41) is 4.51. The lowest BCUT2D eigenvalue weighted by atomic mass is 10.2. The molecule has 0 saturated carbocycles. The van der Waals surface area contributed by atoms with Gasteiger partial charge >= 0.3 is 0 Å². The Kier molecular flexibility index (Phi) is 6.07. The maximum atomic E-state index is 5.52. The van der Waals surface area contributed by atoms with Crippen molar-refractivity contribution in [3.8, 4) is 11.3 Å². The van der Waals surface area contributed by atoms with Crippen molar-refractivity contribution < 1.29 is 4.74 Å². The van der Waals surface area contributed by atoms with E-state index in [2.05, 4.69) is 39.3 Å². The number of ether oxygens (including phenoxy) is 1. The molecule has 130 valence electrons. The van der Waals surface area contributed by atoms with Gasteiger partial charge in [0.05, 0.1) is 37.7 Å². The van der Waals surface area contributed by atoms with E-state index in [0.717, 1.165) is 36.8 Å². The van der Waals surface area contributed by atoms with Gasteiger partial charge in [-0.1, -0.05) is 48.5 Å². The fourth-order valence-corrected chi connectivity index (χ4v) is 3.75. The molecule has 2 aromatic carbocycles. The Morgan fingerprint density at radius 1 is 0.880 bits per heavy atom. The summed E-state index contributed by atoms with van der Waals surface area (Å²) < 4.78 is 7.76. The summed E-state index contributed by atoms with van der Waals surface area (Å²) in [6, 6.07) is 20.6. The normalized spacial score (nSPS) is 15.0. The molecule has 0 unspecified atom stereocenters. The lowest BCUT2D eigenvalue weighted by molar-refractivity contribution is 0.111. The number of halogens is 1. The molecule has 25 heavy (non-hydrogen) atoms. The van der Waals surface area contributed by atoms with Crippen molar-refractivity contribution in [2.45, 2.75) is 0 Å². The van der Waals surface area contributed by atoms with E-state index in [1.807, 2.05) is 36.4 Å². The number of morpholine rings is 1. The van der Waals surface area contributed by atoms with Crippen LogP contribution in [0, 0.1) is 0 Å². The Morgan fingerprint density at radius 2 is 1.52 bits per heavy atom. The summed E-state index contributed by atoms with van der Waals surface area (Å²) in [7, 11) is 0. The molecule has 0 radical (unpaired) electrons. The Balaban J connectivity index is 0.00000182. The SMILES string of the molecule is Br.c1ccc(N=c2scc(-c3ccccc3)n2N2CCOCC2)cc1. The second-order valence-corrected chi connectivity index (χ2v) is 6.43. The average Bonchev–Trinajstić information content (AvgIpc) is 3.07.